The number of rotatable bonds is 7. The van der Waals surface area contributed by atoms with Crippen molar-refractivity contribution in [3.05, 3.63) is 12.7 Å². The highest BCUT2D eigenvalue weighted by Gasteiger charge is 2.19. The lowest BCUT2D eigenvalue weighted by molar-refractivity contribution is -0.137. The second kappa shape index (κ2) is 7.00. The van der Waals surface area contributed by atoms with E-state index in [0.717, 1.165) is 11.2 Å². The van der Waals surface area contributed by atoms with E-state index >= 15 is 0 Å². The Bertz CT molecular complexity index is 418. The maximum atomic E-state index is 11.7. The van der Waals surface area contributed by atoms with Crippen molar-refractivity contribution in [2.45, 2.75) is 13.0 Å². The van der Waals surface area contributed by atoms with Crippen molar-refractivity contribution in [3.63, 3.8) is 0 Å². The van der Waals surface area contributed by atoms with Crippen molar-refractivity contribution in [1.82, 2.24) is 10.2 Å². The topological polar surface area (TPSA) is 104 Å². The van der Waals surface area contributed by atoms with E-state index < -0.39 is 34.4 Å². The molecule has 104 valence electrons. The molecule has 0 saturated carbocycles. The molecule has 1 atom stereocenters. The SMILES string of the molecule is C=CCN(CC(=O)O)C(=O)NC(C)CS(C)(=O)=O. The number of sulfone groups is 1. The summed E-state index contributed by atoms with van der Waals surface area (Å²) in [6, 6.07) is -1.22. The maximum Gasteiger partial charge on any atom is 0.323 e. The first kappa shape index (κ1) is 16.4. The Morgan fingerprint density at radius 1 is 1.50 bits per heavy atom. The average molecular weight is 278 g/mol. The number of hydrogen-bond acceptors (Lipinski definition) is 4. The quantitative estimate of drug-likeness (QED) is 0.622. The highest BCUT2D eigenvalue weighted by Crippen LogP contribution is 1.95. The monoisotopic (exact) mass is 278 g/mol. The van der Waals surface area contributed by atoms with Crippen molar-refractivity contribution in [2.75, 3.05) is 25.1 Å². The van der Waals surface area contributed by atoms with Crippen LogP contribution in [-0.2, 0) is 14.6 Å². The zero-order chi connectivity index (χ0) is 14.3. The summed E-state index contributed by atoms with van der Waals surface area (Å²) in [4.78, 5) is 23.2. The molecule has 2 amide bonds. The van der Waals surface area contributed by atoms with Crippen LogP contribution < -0.4 is 5.32 Å². The van der Waals surface area contributed by atoms with Gasteiger partial charge < -0.3 is 15.3 Å². The first-order valence-corrected chi connectivity index (χ1v) is 7.27. The minimum atomic E-state index is -3.20. The van der Waals surface area contributed by atoms with Crippen LogP contribution in [0.3, 0.4) is 0 Å². The molecule has 0 bridgehead atoms. The van der Waals surface area contributed by atoms with E-state index in [2.05, 4.69) is 11.9 Å². The van der Waals surface area contributed by atoms with Gasteiger partial charge in [0.05, 0.1) is 5.75 Å². The molecule has 0 spiro atoms. The fourth-order valence-electron chi connectivity index (χ4n) is 1.34. The first-order valence-electron chi connectivity index (χ1n) is 5.21. The third-order valence-electron chi connectivity index (χ3n) is 1.89. The summed E-state index contributed by atoms with van der Waals surface area (Å²) in [5.41, 5.74) is 0. The third-order valence-corrected chi connectivity index (χ3v) is 2.99. The Morgan fingerprint density at radius 3 is 2.44 bits per heavy atom. The van der Waals surface area contributed by atoms with Crippen LogP contribution in [0.5, 0.6) is 0 Å². The van der Waals surface area contributed by atoms with Crippen LogP contribution in [0.2, 0.25) is 0 Å². The Hall–Kier alpha value is -1.57. The van der Waals surface area contributed by atoms with Crippen LogP contribution in [0.15, 0.2) is 12.7 Å². The van der Waals surface area contributed by atoms with Crippen LogP contribution in [0, 0.1) is 0 Å². The van der Waals surface area contributed by atoms with Gasteiger partial charge in [0.2, 0.25) is 0 Å². The molecule has 0 radical (unpaired) electrons. The number of amides is 2. The number of nitrogens with zero attached hydrogens (tertiary/aromatic N) is 1. The van der Waals surface area contributed by atoms with Crippen molar-refractivity contribution < 1.29 is 23.1 Å². The van der Waals surface area contributed by atoms with Crippen molar-refractivity contribution in [3.8, 4) is 0 Å². The van der Waals surface area contributed by atoms with Crippen molar-refractivity contribution in [2.24, 2.45) is 0 Å². The summed E-state index contributed by atoms with van der Waals surface area (Å²) < 4.78 is 22.0. The molecule has 1 unspecified atom stereocenters. The number of nitrogens with one attached hydrogen (secondary N) is 1. The number of carboxylic acids is 1. The molecule has 7 nitrogen and oxygen atoms in total. The van der Waals surface area contributed by atoms with Crippen molar-refractivity contribution in [1.29, 1.82) is 0 Å². The molecule has 8 heteroatoms. The zero-order valence-electron chi connectivity index (χ0n) is 10.4. The molecule has 0 saturated heterocycles. The highest BCUT2D eigenvalue weighted by molar-refractivity contribution is 7.90. The number of aliphatic carboxylic acids is 1. The van der Waals surface area contributed by atoms with E-state index in [-0.39, 0.29) is 12.3 Å². The molecule has 0 fully saturated rings. The van der Waals surface area contributed by atoms with Crippen LogP contribution in [-0.4, -0.2) is 61.6 Å². The summed E-state index contributed by atoms with van der Waals surface area (Å²) in [7, 11) is -3.20. The number of hydrogen-bond donors (Lipinski definition) is 2. The lowest BCUT2D eigenvalue weighted by Crippen LogP contribution is -2.47. The third kappa shape index (κ3) is 7.66. The number of carboxylic acid groups (broad SMARTS) is 1. The average Bonchev–Trinajstić information content (AvgIpc) is 2.12. The van der Waals surface area contributed by atoms with Gasteiger partial charge in [0.25, 0.3) is 0 Å². The van der Waals surface area contributed by atoms with Crippen LogP contribution in [0.4, 0.5) is 4.79 Å². The van der Waals surface area contributed by atoms with Gasteiger partial charge in [0.15, 0.2) is 0 Å². The fourth-order valence-corrected chi connectivity index (χ4v) is 2.33. The molecule has 0 aromatic heterocycles. The van der Waals surface area contributed by atoms with Gasteiger partial charge in [-0.15, -0.1) is 6.58 Å². The Kier molecular flexibility index (Phi) is 6.39. The van der Waals surface area contributed by atoms with E-state index in [1.165, 1.54) is 13.0 Å². The number of carbonyl (C=O) groups is 2. The summed E-state index contributed by atoms with van der Waals surface area (Å²) in [5, 5.41) is 11.1. The van der Waals surface area contributed by atoms with E-state index in [0.29, 0.717) is 0 Å². The second-order valence-electron chi connectivity index (χ2n) is 4.01. The van der Waals surface area contributed by atoms with Gasteiger partial charge in [-0.25, -0.2) is 13.2 Å². The molecule has 2 N–H and O–H groups in total. The van der Waals surface area contributed by atoms with E-state index in [1.54, 1.807) is 0 Å². The minimum Gasteiger partial charge on any atom is -0.480 e. The largest absolute Gasteiger partial charge is 0.480 e. The van der Waals surface area contributed by atoms with Crippen LogP contribution in [0.25, 0.3) is 0 Å². The summed E-state index contributed by atoms with van der Waals surface area (Å²) >= 11 is 0. The van der Waals surface area contributed by atoms with Crippen molar-refractivity contribution >= 4 is 21.8 Å². The van der Waals surface area contributed by atoms with Gasteiger partial charge in [-0.2, -0.15) is 0 Å². The van der Waals surface area contributed by atoms with Gasteiger partial charge >= 0.3 is 12.0 Å². The molecular weight excluding hydrogens is 260 g/mol. The fraction of sp³-hybridized carbons (Fsp3) is 0.600. The molecule has 0 aliphatic heterocycles. The smallest absolute Gasteiger partial charge is 0.323 e. The van der Waals surface area contributed by atoms with E-state index in [9.17, 15) is 18.0 Å². The number of carbonyl (C=O) groups excluding carboxylic acids is 1. The van der Waals surface area contributed by atoms with Crippen LogP contribution >= 0.6 is 0 Å². The van der Waals surface area contributed by atoms with Crippen LogP contribution in [0.1, 0.15) is 6.92 Å². The predicted octanol–water partition coefficient (Wildman–Crippen LogP) is -0.298. The lowest BCUT2D eigenvalue weighted by Gasteiger charge is -2.22. The summed E-state index contributed by atoms with van der Waals surface area (Å²) in [6.45, 7) is 4.56. The standard InChI is InChI=1S/C10H18N2O5S/c1-4-5-12(6-9(13)14)10(15)11-8(2)7-18(3,16)17/h4,8H,1,5-7H2,2-3H3,(H,11,15)(H,13,14). The molecule has 18 heavy (non-hydrogen) atoms. The zero-order valence-corrected chi connectivity index (χ0v) is 11.2. The molecule has 0 aliphatic rings. The molecule has 0 aromatic rings. The first-order chi connectivity index (χ1) is 8.15. The maximum absolute atomic E-state index is 11.7. The Morgan fingerprint density at radius 2 is 2.06 bits per heavy atom. The van der Waals surface area contributed by atoms with E-state index in [1.807, 2.05) is 0 Å². The summed E-state index contributed by atoms with van der Waals surface area (Å²) in [6.07, 6.45) is 2.46. The van der Waals surface area contributed by atoms with Gasteiger partial charge in [-0.1, -0.05) is 6.08 Å². The molecule has 0 heterocycles. The normalized spacial score (nSPS) is 12.6. The minimum absolute atomic E-state index is 0.0731. The Labute approximate surface area is 106 Å². The number of urea groups is 1. The van der Waals surface area contributed by atoms with Gasteiger partial charge in [-0.05, 0) is 6.92 Å². The Balaban J connectivity index is 4.50. The second-order valence-corrected chi connectivity index (χ2v) is 6.19. The highest BCUT2D eigenvalue weighted by atomic mass is 32.2. The van der Waals surface area contributed by atoms with Gasteiger partial charge in [-0.3, -0.25) is 4.79 Å². The predicted molar refractivity (Wildman–Crippen MR) is 67.1 cm³/mol. The summed E-state index contributed by atoms with van der Waals surface area (Å²) in [5.74, 6) is -1.35. The molecule has 0 aliphatic carbocycles. The lowest BCUT2D eigenvalue weighted by atomic mass is 10.4. The molecular formula is C10H18N2O5S. The molecule has 0 aromatic carbocycles. The van der Waals surface area contributed by atoms with Gasteiger partial charge in [0.1, 0.15) is 16.4 Å². The van der Waals surface area contributed by atoms with Gasteiger partial charge in [0, 0.05) is 18.8 Å². The molecule has 0 rings (SSSR count). The van der Waals surface area contributed by atoms with E-state index in [4.69, 9.17) is 5.11 Å².